The minimum absolute atomic E-state index is 0.0239. The second-order valence-electron chi connectivity index (χ2n) is 7.37. The van der Waals surface area contributed by atoms with E-state index in [4.69, 9.17) is 23.2 Å². The van der Waals surface area contributed by atoms with Crippen molar-refractivity contribution in [3.63, 3.8) is 0 Å². The third-order valence-corrected chi connectivity index (χ3v) is 6.28. The zero-order chi connectivity index (χ0) is 22.1. The minimum Gasteiger partial charge on any atom is -0.359 e. The van der Waals surface area contributed by atoms with Gasteiger partial charge in [-0.2, -0.15) is 13.2 Å². The quantitative estimate of drug-likeness (QED) is 0.572. The molecule has 11 heteroatoms. The van der Waals surface area contributed by atoms with E-state index in [0.29, 0.717) is 16.9 Å². The van der Waals surface area contributed by atoms with Crippen LogP contribution in [0.2, 0.25) is 10.0 Å². The van der Waals surface area contributed by atoms with Crippen molar-refractivity contribution in [1.29, 1.82) is 0 Å². The van der Waals surface area contributed by atoms with Gasteiger partial charge in [0.1, 0.15) is 5.52 Å². The van der Waals surface area contributed by atoms with Crippen LogP contribution in [0.3, 0.4) is 0 Å². The minimum atomic E-state index is -5.15. The predicted molar refractivity (Wildman–Crippen MR) is 109 cm³/mol. The molecule has 1 aromatic carbocycles. The first-order chi connectivity index (χ1) is 14.1. The highest BCUT2D eigenvalue weighted by molar-refractivity contribution is 6.45. The topological polar surface area (TPSA) is 76.0 Å². The maximum atomic E-state index is 14.3. The fraction of sp³-hybridized carbons (Fsp3) is 0.526. The molecule has 0 bridgehead atoms. The number of nitrogens with zero attached hydrogens (tertiary/aromatic N) is 2. The molecule has 0 spiro atoms. The highest BCUT2D eigenvalue weighted by Crippen LogP contribution is 2.41. The Morgan fingerprint density at radius 2 is 1.97 bits per heavy atom. The van der Waals surface area contributed by atoms with Gasteiger partial charge >= 0.3 is 6.18 Å². The average molecular weight is 465 g/mol. The second kappa shape index (κ2) is 8.63. The van der Waals surface area contributed by atoms with Crippen molar-refractivity contribution in [2.75, 3.05) is 12.4 Å². The van der Waals surface area contributed by atoms with Crippen LogP contribution in [0.4, 0.5) is 19.1 Å². The van der Waals surface area contributed by atoms with Crippen molar-refractivity contribution in [3.05, 3.63) is 22.2 Å². The first kappa shape index (κ1) is 22.7. The molecule has 0 radical (unpaired) electrons. The number of anilines is 1. The number of halogens is 5. The summed E-state index contributed by atoms with van der Waals surface area (Å²) in [5, 5.41) is 4.50. The van der Waals surface area contributed by atoms with Gasteiger partial charge in [0.15, 0.2) is 6.29 Å². The number of fused-ring (bicyclic) bond motifs is 1. The van der Waals surface area contributed by atoms with E-state index in [0.717, 1.165) is 25.7 Å². The van der Waals surface area contributed by atoms with Crippen molar-refractivity contribution in [2.24, 2.45) is 5.92 Å². The number of hydrogen-bond acceptors (Lipinski definition) is 4. The van der Waals surface area contributed by atoms with E-state index < -0.39 is 17.7 Å². The number of nitrogens with one attached hydrogen (secondary N) is 2. The van der Waals surface area contributed by atoms with Crippen LogP contribution in [0.25, 0.3) is 11.0 Å². The predicted octanol–water partition coefficient (Wildman–Crippen LogP) is 4.89. The molecule has 2 aromatic rings. The van der Waals surface area contributed by atoms with Crippen LogP contribution in [0.1, 0.15) is 38.5 Å². The summed E-state index contributed by atoms with van der Waals surface area (Å²) in [6, 6.07) is 2.57. The third-order valence-electron chi connectivity index (χ3n) is 5.48. The van der Waals surface area contributed by atoms with Crippen LogP contribution in [-0.4, -0.2) is 35.0 Å². The van der Waals surface area contributed by atoms with Gasteiger partial charge in [-0.05, 0) is 24.5 Å². The number of benzene rings is 1. The molecule has 2 N–H and O–H groups in total. The van der Waals surface area contributed by atoms with Crippen LogP contribution >= 0.6 is 23.2 Å². The van der Waals surface area contributed by atoms with E-state index in [1.165, 1.54) is 19.2 Å². The number of carbonyl (C=O) groups is 2. The van der Waals surface area contributed by atoms with E-state index in [-0.39, 0.29) is 39.7 Å². The van der Waals surface area contributed by atoms with Gasteiger partial charge in [-0.3, -0.25) is 14.2 Å². The van der Waals surface area contributed by atoms with Gasteiger partial charge in [-0.1, -0.05) is 48.9 Å². The van der Waals surface area contributed by atoms with Gasteiger partial charge in [0.25, 0.3) is 5.66 Å². The molecule has 1 aliphatic carbocycles. The Bertz CT molecular complexity index is 957. The van der Waals surface area contributed by atoms with Crippen molar-refractivity contribution in [2.45, 2.75) is 50.4 Å². The number of imidazole rings is 1. The summed E-state index contributed by atoms with van der Waals surface area (Å²) in [6.07, 6.45) is -1.07. The number of amides is 1. The molecule has 164 valence electrons. The molecule has 3 rings (SSSR count). The number of aldehydes is 1. The van der Waals surface area contributed by atoms with Crippen LogP contribution in [0.5, 0.6) is 0 Å². The van der Waals surface area contributed by atoms with Crippen molar-refractivity contribution >= 4 is 52.4 Å². The zero-order valence-corrected chi connectivity index (χ0v) is 17.7. The summed E-state index contributed by atoms with van der Waals surface area (Å²) >= 11 is 12.1. The molecule has 1 fully saturated rings. The van der Waals surface area contributed by atoms with Crippen molar-refractivity contribution < 1.29 is 22.8 Å². The first-order valence-corrected chi connectivity index (χ1v) is 10.3. The number of rotatable bonds is 7. The standard InChI is InChI=1S/C19H21Cl2F3N4O2/c1-25-17-26-16-13(8-7-12(20)15(16)21)28(17)18(10-29,19(22,23)24)27-14(30)9-6-11-4-2-3-5-11/h7-8,10-11H,2-6,9H2,1H3,(H,25,26)(H,27,30). The lowest BCUT2D eigenvalue weighted by atomic mass is 10.0. The Morgan fingerprint density at radius 3 is 2.53 bits per heavy atom. The molecule has 30 heavy (non-hydrogen) atoms. The van der Waals surface area contributed by atoms with Crippen molar-refractivity contribution in [3.8, 4) is 0 Å². The molecule has 1 amide bonds. The third kappa shape index (κ3) is 3.97. The molecule has 0 saturated heterocycles. The monoisotopic (exact) mass is 464 g/mol. The number of alkyl halides is 3. The Morgan fingerprint density at radius 1 is 1.30 bits per heavy atom. The smallest absolute Gasteiger partial charge is 0.359 e. The molecule has 1 aromatic heterocycles. The van der Waals surface area contributed by atoms with Crippen LogP contribution in [-0.2, 0) is 15.3 Å². The highest BCUT2D eigenvalue weighted by Gasteiger charge is 2.59. The van der Waals surface area contributed by atoms with Gasteiger partial charge in [-0.15, -0.1) is 0 Å². The molecule has 1 saturated carbocycles. The summed E-state index contributed by atoms with van der Waals surface area (Å²) in [6.45, 7) is 0. The summed E-state index contributed by atoms with van der Waals surface area (Å²) in [4.78, 5) is 28.5. The van der Waals surface area contributed by atoms with Crippen LogP contribution in [0, 0.1) is 5.92 Å². The fourth-order valence-electron chi connectivity index (χ4n) is 3.92. The summed E-state index contributed by atoms with van der Waals surface area (Å²) in [5.74, 6) is -0.847. The van der Waals surface area contributed by atoms with E-state index >= 15 is 0 Å². The Balaban J connectivity index is 2.06. The van der Waals surface area contributed by atoms with E-state index in [1.54, 1.807) is 0 Å². The maximum absolute atomic E-state index is 14.3. The van der Waals surface area contributed by atoms with Crippen molar-refractivity contribution in [1.82, 2.24) is 14.9 Å². The van der Waals surface area contributed by atoms with Crippen LogP contribution < -0.4 is 10.6 Å². The highest BCUT2D eigenvalue weighted by atomic mass is 35.5. The molecule has 1 atom stereocenters. The lowest BCUT2D eigenvalue weighted by molar-refractivity contribution is -0.215. The van der Waals surface area contributed by atoms with Gasteiger partial charge < -0.3 is 10.6 Å². The molecular weight excluding hydrogens is 444 g/mol. The number of aromatic nitrogens is 2. The molecule has 1 unspecified atom stereocenters. The molecule has 6 nitrogen and oxygen atoms in total. The van der Waals surface area contributed by atoms with Gasteiger partial charge in [0.05, 0.1) is 15.6 Å². The first-order valence-electron chi connectivity index (χ1n) is 9.53. The normalized spacial score (nSPS) is 17.1. The second-order valence-corrected chi connectivity index (χ2v) is 8.15. The summed E-state index contributed by atoms with van der Waals surface area (Å²) in [5.41, 5.74) is -3.48. The average Bonchev–Trinajstić information content (AvgIpc) is 3.34. The number of hydrogen-bond donors (Lipinski definition) is 2. The maximum Gasteiger partial charge on any atom is 0.438 e. The SMILES string of the molecule is CNc1nc2c(Cl)c(Cl)ccc2n1C(C=O)(NC(=O)CCC1CCCC1)C(F)(F)F. The lowest BCUT2D eigenvalue weighted by Gasteiger charge is -2.34. The van der Waals surface area contributed by atoms with E-state index in [1.807, 2.05) is 5.32 Å². The van der Waals surface area contributed by atoms with Gasteiger partial charge in [0, 0.05) is 13.5 Å². The summed E-state index contributed by atoms with van der Waals surface area (Å²) in [7, 11) is 1.35. The van der Waals surface area contributed by atoms with Gasteiger partial charge in [-0.25, -0.2) is 4.98 Å². The van der Waals surface area contributed by atoms with Crippen LogP contribution in [0.15, 0.2) is 12.1 Å². The van der Waals surface area contributed by atoms with E-state index in [9.17, 15) is 22.8 Å². The Hall–Kier alpha value is -2.00. The largest absolute Gasteiger partial charge is 0.438 e. The lowest BCUT2D eigenvalue weighted by Crippen LogP contribution is -2.61. The summed E-state index contributed by atoms with van der Waals surface area (Å²) < 4.78 is 43.5. The molecular formula is C19H21Cl2F3N4O2. The van der Waals surface area contributed by atoms with E-state index in [2.05, 4.69) is 10.3 Å². The zero-order valence-electron chi connectivity index (χ0n) is 16.2. The Kier molecular flexibility index (Phi) is 6.52. The van der Waals surface area contributed by atoms with Gasteiger partial charge in [0.2, 0.25) is 11.9 Å². The molecule has 0 aliphatic heterocycles. The Labute approximate surface area is 181 Å². The molecule has 1 heterocycles. The fourth-order valence-corrected chi connectivity index (χ4v) is 4.28. The number of carbonyl (C=O) groups excluding carboxylic acids is 2. The molecule has 1 aliphatic rings.